The lowest BCUT2D eigenvalue weighted by Gasteiger charge is -2.24. The molecule has 0 spiro atoms. The van der Waals surface area contributed by atoms with Crippen LogP contribution in [0.5, 0.6) is 0 Å². The van der Waals surface area contributed by atoms with Crippen molar-refractivity contribution in [3.05, 3.63) is 59.7 Å². The Kier molecular flexibility index (Phi) is 5.07. The number of alkyl halides is 6. The maximum absolute atomic E-state index is 6.08. The highest BCUT2D eigenvalue weighted by molar-refractivity contribution is 6.69. The van der Waals surface area contributed by atoms with Crippen LogP contribution in [-0.2, 0) is 7.59 Å². The Morgan fingerprint density at radius 3 is 1.70 bits per heavy atom. The Bertz CT molecular complexity index is 595. The fourth-order valence-electron chi connectivity index (χ4n) is 1.95. The molecule has 0 aromatic heterocycles. The SMILES string of the molecule is ClC(Cl)(Cl)c1cccc(-c2ccccc2)c1C(Cl)(Cl)Cl. The molecule has 2 aromatic carbocycles. The molecule has 2 rings (SSSR count). The van der Waals surface area contributed by atoms with Crippen LogP contribution in [-0.4, -0.2) is 0 Å². The van der Waals surface area contributed by atoms with Crippen LogP contribution in [0.25, 0.3) is 11.1 Å². The van der Waals surface area contributed by atoms with Crippen LogP contribution < -0.4 is 0 Å². The molecule has 0 bridgehead atoms. The maximum Gasteiger partial charge on any atom is 0.217 e. The maximum atomic E-state index is 6.08. The van der Waals surface area contributed by atoms with Crippen LogP contribution in [0, 0.1) is 0 Å². The molecule has 6 heteroatoms. The molecular weight excluding hydrogens is 381 g/mol. The quantitative estimate of drug-likeness (QED) is 0.461. The minimum Gasteiger partial charge on any atom is -0.0784 e. The largest absolute Gasteiger partial charge is 0.217 e. The van der Waals surface area contributed by atoms with E-state index in [-0.39, 0.29) is 0 Å². The van der Waals surface area contributed by atoms with Crippen molar-refractivity contribution in [2.24, 2.45) is 0 Å². The summed E-state index contributed by atoms with van der Waals surface area (Å²) < 4.78 is -3.38. The third-order valence-corrected chi connectivity index (χ3v) is 3.92. The van der Waals surface area contributed by atoms with E-state index >= 15 is 0 Å². The standard InChI is InChI=1S/C14H8Cl6/c15-13(16,17)11-8-4-7-10(12(11)14(18,19)20)9-5-2-1-3-6-9/h1-8H. The molecule has 0 atom stereocenters. The molecule has 0 heterocycles. The molecule has 0 fully saturated rings. The van der Waals surface area contributed by atoms with Crippen molar-refractivity contribution in [3.63, 3.8) is 0 Å². The molecule has 0 aliphatic heterocycles. The first-order valence-electron chi connectivity index (χ1n) is 5.54. The number of rotatable bonds is 1. The highest BCUT2D eigenvalue weighted by Crippen LogP contribution is 2.51. The molecule has 0 radical (unpaired) electrons. The smallest absolute Gasteiger partial charge is 0.0784 e. The predicted octanol–water partition coefficient (Wildman–Crippen LogP) is 7.01. The van der Waals surface area contributed by atoms with Gasteiger partial charge in [-0.1, -0.05) is 118 Å². The van der Waals surface area contributed by atoms with Gasteiger partial charge in [-0.15, -0.1) is 0 Å². The van der Waals surface area contributed by atoms with Gasteiger partial charge in [0.2, 0.25) is 7.59 Å². The van der Waals surface area contributed by atoms with Gasteiger partial charge in [0, 0.05) is 11.1 Å². The average Bonchev–Trinajstić information content (AvgIpc) is 2.37. The summed E-state index contributed by atoms with van der Waals surface area (Å²) in [6, 6.07) is 14.7. The van der Waals surface area contributed by atoms with Crippen molar-refractivity contribution in [1.82, 2.24) is 0 Å². The van der Waals surface area contributed by atoms with Crippen LogP contribution in [0.4, 0.5) is 0 Å². The van der Waals surface area contributed by atoms with E-state index in [1.54, 1.807) is 12.1 Å². The van der Waals surface area contributed by atoms with Crippen molar-refractivity contribution in [2.45, 2.75) is 7.59 Å². The highest BCUT2D eigenvalue weighted by atomic mass is 35.6. The molecule has 106 valence electrons. The second-order valence-electron chi connectivity index (χ2n) is 4.09. The van der Waals surface area contributed by atoms with Crippen LogP contribution in [0.3, 0.4) is 0 Å². The van der Waals surface area contributed by atoms with E-state index < -0.39 is 7.59 Å². The highest BCUT2D eigenvalue weighted by Gasteiger charge is 2.36. The van der Waals surface area contributed by atoms with E-state index in [1.165, 1.54) is 0 Å². The zero-order chi connectivity index (χ0) is 15.0. The zero-order valence-electron chi connectivity index (χ0n) is 9.89. The summed E-state index contributed by atoms with van der Waals surface area (Å²) in [5, 5.41) is 0. The van der Waals surface area contributed by atoms with Crippen molar-refractivity contribution in [1.29, 1.82) is 0 Å². The predicted molar refractivity (Wildman–Crippen MR) is 90.4 cm³/mol. The zero-order valence-corrected chi connectivity index (χ0v) is 14.4. The Morgan fingerprint density at radius 1 is 0.600 bits per heavy atom. The topological polar surface area (TPSA) is 0 Å². The Morgan fingerprint density at radius 2 is 1.20 bits per heavy atom. The Hall–Kier alpha value is 0.180. The van der Waals surface area contributed by atoms with Gasteiger partial charge >= 0.3 is 0 Å². The van der Waals surface area contributed by atoms with Gasteiger partial charge in [-0.2, -0.15) is 0 Å². The van der Waals surface area contributed by atoms with Gasteiger partial charge in [-0.3, -0.25) is 0 Å². The molecule has 0 unspecified atom stereocenters. The summed E-state index contributed by atoms with van der Waals surface area (Å²) in [7, 11) is 0. The first kappa shape index (κ1) is 16.5. The van der Waals surface area contributed by atoms with Crippen LogP contribution in [0.2, 0.25) is 0 Å². The van der Waals surface area contributed by atoms with Crippen LogP contribution >= 0.6 is 69.6 Å². The second-order valence-corrected chi connectivity index (χ2v) is 8.65. The normalized spacial score (nSPS) is 12.5. The third-order valence-electron chi connectivity index (χ3n) is 2.74. The van der Waals surface area contributed by atoms with Crippen molar-refractivity contribution in [3.8, 4) is 11.1 Å². The van der Waals surface area contributed by atoms with Crippen molar-refractivity contribution in [2.75, 3.05) is 0 Å². The molecule has 0 amide bonds. The van der Waals surface area contributed by atoms with Crippen molar-refractivity contribution < 1.29 is 0 Å². The van der Waals surface area contributed by atoms with Crippen LogP contribution in [0.15, 0.2) is 48.5 Å². The lowest BCUT2D eigenvalue weighted by Crippen LogP contribution is -2.13. The van der Waals surface area contributed by atoms with E-state index in [9.17, 15) is 0 Å². The minimum atomic E-state index is -1.70. The lowest BCUT2D eigenvalue weighted by atomic mass is 9.96. The molecule has 2 aromatic rings. The number of hydrogen-bond donors (Lipinski definition) is 0. The molecule has 0 nitrogen and oxygen atoms in total. The summed E-state index contributed by atoms with van der Waals surface area (Å²) in [6.07, 6.45) is 0. The van der Waals surface area contributed by atoms with E-state index in [0.29, 0.717) is 11.1 Å². The number of benzene rings is 2. The fraction of sp³-hybridized carbons (Fsp3) is 0.143. The van der Waals surface area contributed by atoms with E-state index in [1.807, 2.05) is 36.4 Å². The molecule has 0 aliphatic carbocycles. The molecule has 0 saturated carbocycles. The minimum absolute atomic E-state index is 0.351. The molecular formula is C14H8Cl6. The number of hydrogen-bond acceptors (Lipinski definition) is 0. The van der Waals surface area contributed by atoms with Gasteiger partial charge < -0.3 is 0 Å². The fourth-order valence-corrected chi connectivity index (χ4v) is 3.04. The molecule has 0 aliphatic rings. The Balaban J connectivity index is 2.77. The first-order chi connectivity index (χ1) is 9.21. The van der Waals surface area contributed by atoms with E-state index in [0.717, 1.165) is 11.1 Å². The summed E-state index contributed by atoms with van der Waals surface area (Å²) in [6.45, 7) is 0. The van der Waals surface area contributed by atoms with Gasteiger partial charge in [0.1, 0.15) is 0 Å². The van der Waals surface area contributed by atoms with Crippen LogP contribution in [0.1, 0.15) is 11.1 Å². The second kappa shape index (κ2) is 6.12. The summed E-state index contributed by atoms with van der Waals surface area (Å²) in [4.78, 5) is 0. The van der Waals surface area contributed by atoms with Gasteiger partial charge in [0.25, 0.3) is 0 Å². The van der Waals surface area contributed by atoms with Gasteiger partial charge in [0.05, 0.1) is 0 Å². The average molecular weight is 389 g/mol. The van der Waals surface area contributed by atoms with Gasteiger partial charge in [0.15, 0.2) is 0 Å². The van der Waals surface area contributed by atoms with Crippen molar-refractivity contribution >= 4 is 69.6 Å². The third kappa shape index (κ3) is 3.68. The molecule has 0 N–H and O–H groups in total. The summed E-state index contributed by atoms with van der Waals surface area (Å²) in [5.74, 6) is 0. The van der Waals surface area contributed by atoms with E-state index in [4.69, 9.17) is 69.6 Å². The monoisotopic (exact) mass is 386 g/mol. The lowest BCUT2D eigenvalue weighted by molar-refractivity contribution is 1.12. The Labute approximate surface area is 147 Å². The van der Waals surface area contributed by atoms with Gasteiger partial charge in [-0.05, 0) is 11.1 Å². The molecule has 20 heavy (non-hydrogen) atoms. The summed E-state index contributed by atoms with van der Waals surface area (Å²) in [5.41, 5.74) is 2.32. The van der Waals surface area contributed by atoms with Gasteiger partial charge in [-0.25, -0.2) is 0 Å². The first-order valence-corrected chi connectivity index (χ1v) is 7.81. The molecule has 0 saturated heterocycles. The number of halogens is 6. The van der Waals surface area contributed by atoms with E-state index in [2.05, 4.69) is 0 Å². The summed E-state index contributed by atoms with van der Waals surface area (Å²) >= 11 is 36.2.